The van der Waals surface area contributed by atoms with Crippen LogP contribution in [0.1, 0.15) is 29.8 Å². The van der Waals surface area contributed by atoms with Crippen LogP contribution in [0.15, 0.2) is 79.0 Å². The minimum absolute atomic E-state index is 0.0216. The summed E-state index contributed by atoms with van der Waals surface area (Å²) in [6.45, 7) is 6.07. The molecule has 0 fully saturated rings. The normalized spacial score (nSPS) is 10.4. The zero-order chi connectivity index (χ0) is 19.1. The number of hydrogen-bond donors (Lipinski definition) is 0. The lowest BCUT2D eigenvalue weighted by Crippen LogP contribution is -2.30. The lowest BCUT2D eigenvalue weighted by molar-refractivity contribution is 0.0772. The van der Waals surface area contributed by atoms with Gasteiger partial charge in [0, 0.05) is 31.5 Å². The van der Waals surface area contributed by atoms with Crippen molar-refractivity contribution < 1.29 is 4.79 Å². The van der Waals surface area contributed by atoms with Crippen LogP contribution in [-0.4, -0.2) is 28.9 Å². The Morgan fingerprint density at radius 2 is 1.48 bits per heavy atom. The minimum Gasteiger partial charge on any atom is -0.339 e. The monoisotopic (exact) mass is 359 g/mol. The standard InChI is InChI=1S/C23H25N3O/c1-3-25(4-2)23(27)20-15-16-22(24-17-20)26(21-13-9-6-10-14-21)18-19-11-7-5-8-12-19/h5-17H,3-4,18H2,1-2H3. The van der Waals surface area contributed by atoms with Gasteiger partial charge in [0.05, 0.1) is 5.56 Å². The van der Waals surface area contributed by atoms with Crippen LogP contribution < -0.4 is 4.90 Å². The summed E-state index contributed by atoms with van der Waals surface area (Å²) in [6, 6.07) is 24.3. The van der Waals surface area contributed by atoms with E-state index in [9.17, 15) is 4.79 Å². The van der Waals surface area contributed by atoms with Gasteiger partial charge in [-0.25, -0.2) is 4.98 Å². The number of carbonyl (C=O) groups excluding carboxylic acids is 1. The zero-order valence-electron chi connectivity index (χ0n) is 15.9. The van der Waals surface area contributed by atoms with Crippen LogP contribution in [-0.2, 0) is 6.54 Å². The van der Waals surface area contributed by atoms with E-state index in [1.807, 2.05) is 62.4 Å². The number of para-hydroxylation sites is 1. The topological polar surface area (TPSA) is 36.4 Å². The maximum Gasteiger partial charge on any atom is 0.255 e. The lowest BCUT2D eigenvalue weighted by Gasteiger charge is -2.24. The maximum atomic E-state index is 12.5. The number of carbonyl (C=O) groups is 1. The Morgan fingerprint density at radius 3 is 2.04 bits per heavy atom. The van der Waals surface area contributed by atoms with Crippen molar-refractivity contribution in [3.8, 4) is 0 Å². The smallest absolute Gasteiger partial charge is 0.255 e. The Labute approximate surface area is 161 Å². The second-order valence-corrected chi connectivity index (χ2v) is 6.29. The molecule has 1 heterocycles. The van der Waals surface area contributed by atoms with Crippen LogP contribution in [0.4, 0.5) is 11.5 Å². The van der Waals surface area contributed by atoms with Gasteiger partial charge in [0.1, 0.15) is 5.82 Å². The molecule has 4 heteroatoms. The Hall–Kier alpha value is -3.14. The van der Waals surface area contributed by atoms with Gasteiger partial charge < -0.3 is 9.80 Å². The first-order valence-corrected chi connectivity index (χ1v) is 9.34. The lowest BCUT2D eigenvalue weighted by atomic mass is 10.2. The third-order valence-electron chi connectivity index (χ3n) is 4.57. The van der Waals surface area contributed by atoms with E-state index in [1.54, 1.807) is 11.1 Å². The van der Waals surface area contributed by atoms with Crippen molar-refractivity contribution in [2.75, 3.05) is 18.0 Å². The van der Waals surface area contributed by atoms with Crippen LogP contribution in [0, 0.1) is 0 Å². The molecule has 27 heavy (non-hydrogen) atoms. The summed E-state index contributed by atoms with van der Waals surface area (Å²) < 4.78 is 0. The van der Waals surface area contributed by atoms with Gasteiger partial charge in [-0.2, -0.15) is 0 Å². The Bertz CT molecular complexity index is 844. The zero-order valence-corrected chi connectivity index (χ0v) is 15.9. The highest BCUT2D eigenvalue weighted by molar-refractivity contribution is 5.94. The molecule has 1 aromatic heterocycles. The number of amides is 1. The van der Waals surface area contributed by atoms with Crippen molar-refractivity contribution in [3.05, 3.63) is 90.1 Å². The van der Waals surface area contributed by atoms with E-state index in [0.717, 1.165) is 11.5 Å². The van der Waals surface area contributed by atoms with Crippen LogP contribution in [0.3, 0.4) is 0 Å². The van der Waals surface area contributed by atoms with Gasteiger partial charge in [-0.3, -0.25) is 4.79 Å². The number of anilines is 2. The molecule has 0 unspecified atom stereocenters. The summed E-state index contributed by atoms with van der Waals surface area (Å²) in [4.78, 5) is 21.1. The fourth-order valence-corrected chi connectivity index (χ4v) is 3.04. The third-order valence-corrected chi connectivity index (χ3v) is 4.57. The number of hydrogen-bond acceptors (Lipinski definition) is 3. The van der Waals surface area contributed by atoms with Crippen LogP contribution in [0.25, 0.3) is 0 Å². The Balaban J connectivity index is 1.89. The Kier molecular flexibility index (Phi) is 6.21. The molecule has 0 bridgehead atoms. The SMILES string of the molecule is CCN(CC)C(=O)c1ccc(N(Cc2ccccc2)c2ccccc2)nc1. The summed E-state index contributed by atoms with van der Waals surface area (Å²) in [5.41, 5.74) is 2.89. The van der Waals surface area contributed by atoms with Gasteiger partial charge in [-0.1, -0.05) is 48.5 Å². The highest BCUT2D eigenvalue weighted by Crippen LogP contribution is 2.26. The molecule has 0 atom stereocenters. The number of pyridine rings is 1. The van der Waals surface area contributed by atoms with Gasteiger partial charge in [-0.15, -0.1) is 0 Å². The number of benzene rings is 2. The van der Waals surface area contributed by atoms with Gasteiger partial charge in [0.2, 0.25) is 0 Å². The van der Waals surface area contributed by atoms with Crippen molar-refractivity contribution in [1.29, 1.82) is 0 Å². The molecular formula is C23H25N3O. The number of aromatic nitrogens is 1. The van der Waals surface area contributed by atoms with Crippen LogP contribution >= 0.6 is 0 Å². The molecule has 0 aliphatic rings. The van der Waals surface area contributed by atoms with Crippen molar-refractivity contribution in [3.63, 3.8) is 0 Å². The average Bonchev–Trinajstić information content (AvgIpc) is 2.74. The van der Waals surface area contributed by atoms with E-state index in [4.69, 9.17) is 0 Å². The molecule has 0 saturated heterocycles. The van der Waals surface area contributed by atoms with Crippen LogP contribution in [0.2, 0.25) is 0 Å². The molecular weight excluding hydrogens is 334 g/mol. The fraction of sp³-hybridized carbons (Fsp3) is 0.217. The molecule has 0 aliphatic heterocycles. The van der Waals surface area contributed by atoms with Gasteiger partial charge in [0.25, 0.3) is 5.91 Å². The third kappa shape index (κ3) is 4.53. The van der Waals surface area contributed by atoms with Crippen molar-refractivity contribution in [2.45, 2.75) is 20.4 Å². The fourth-order valence-electron chi connectivity index (χ4n) is 3.04. The second kappa shape index (κ2) is 8.99. The van der Waals surface area contributed by atoms with E-state index in [0.29, 0.717) is 25.2 Å². The second-order valence-electron chi connectivity index (χ2n) is 6.29. The van der Waals surface area contributed by atoms with Gasteiger partial charge in [-0.05, 0) is 43.7 Å². The number of nitrogens with zero attached hydrogens (tertiary/aromatic N) is 3. The highest BCUT2D eigenvalue weighted by Gasteiger charge is 2.15. The average molecular weight is 359 g/mol. The molecule has 1 amide bonds. The van der Waals surface area contributed by atoms with E-state index in [-0.39, 0.29) is 5.91 Å². The first-order chi connectivity index (χ1) is 13.2. The van der Waals surface area contributed by atoms with Crippen molar-refractivity contribution in [1.82, 2.24) is 9.88 Å². The first-order valence-electron chi connectivity index (χ1n) is 9.34. The first kappa shape index (κ1) is 18.6. The molecule has 0 aliphatic carbocycles. The molecule has 0 radical (unpaired) electrons. The molecule has 0 saturated carbocycles. The van der Waals surface area contributed by atoms with Gasteiger partial charge in [0.15, 0.2) is 0 Å². The van der Waals surface area contributed by atoms with E-state index >= 15 is 0 Å². The molecule has 0 N–H and O–H groups in total. The van der Waals surface area contributed by atoms with E-state index in [1.165, 1.54) is 5.56 Å². The summed E-state index contributed by atoms with van der Waals surface area (Å²) in [5.74, 6) is 0.842. The van der Waals surface area contributed by atoms with Crippen molar-refractivity contribution in [2.24, 2.45) is 0 Å². The Morgan fingerprint density at radius 1 is 0.852 bits per heavy atom. The maximum absolute atomic E-state index is 12.5. The summed E-state index contributed by atoms with van der Waals surface area (Å²) >= 11 is 0. The van der Waals surface area contributed by atoms with Crippen LogP contribution in [0.5, 0.6) is 0 Å². The van der Waals surface area contributed by atoms with Gasteiger partial charge >= 0.3 is 0 Å². The predicted octanol–water partition coefficient (Wildman–Crippen LogP) is 4.90. The number of rotatable bonds is 7. The summed E-state index contributed by atoms with van der Waals surface area (Å²) in [7, 11) is 0. The predicted molar refractivity (Wildman–Crippen MR) is 110 cm³/mol. The van der Waals surface area contributed by atoms with E-state index < -0.39 is 0 Å². The minimum atomic E-state index is 0.0216. The quantitative estimate of drug-likeness (QED) is 0.602. The largest absolute Gasteiger partial charge is 0.339 e. The molecule has 3 aromatic rings. The molecule has 4 nitrogen and oxygen atoms in total. The summed E-state index contributed by atoms with van der Waals surface area (Å²) in [5, 5.41) is 0. The molecule has 0 spiro atoms. The summed E-state index contributed by atoms with van der Waals surface area (Å²) in [6.07, 6.45) is 1.68. The molecule has 3 rings (SSSR count). The highest BCUT2D eigenvalue weighted by atomic mass is 16.2. The van der Waals surface area contributed by atoms with E-state index in [2.05, 4.69) is 34.1 Å². The van der Waals surface area contributed by atoms with Crippen molar-refractivity contribution >= 4 is 17.4 Å². The molecule has 138 valence electrons. The molecule has 2 aromatic carbocycles.